The molecule has 0 amide bonds. The van der Waals surface area contributed by atoms with Crippen LogP contribution in [-0.4, -0.2) is 50.3 Å². The molecule has 0 saturated carbocycles. The van der Waals surface area contributed by atoms with E-state index in [1.165, 1.54) is 0 Å². The molecule has 0 bridgehead atoms. The maximum absolute atomic E-state index is 11.1. The van der Waals surface area contributed by atoms with E-state index in [0.29, 0.717) is 67.5 Å². The van der Waals surface area contributed by atoms with Gasteiger partial charge in [0.05, 0.1) is 26.4 Å². The Bertz CT molecular complexity index is 686. The van der Waals surface area contributed by atoms with Crippen molar-refractivity contribution >= 4 is 23.9 Å². The minimum absolute atomic E-state index is 0.316. The van der Waals surface area contributed by atoms with Gasteiger partial charge in [-0.05, 0) is 59.3 Å². The first kappa shape index (κ1) is 33.0. The van der Waals surface area contributed by atoms with Gasteiger partial charge in [-0.15, -0.1) is 0 Å². The summed E-state index contributed by atoms with van der Waals surface area (Å²) in [6.07, 6.45) is 2.79. The monoisotopic (exact) mass is 480 g/mol. The smallest absolute Gasteiger partial charge is 0.333 e. The highest BCUT2D eigenvalue weighted by Gasteiger charge is 2.08. The van der Waals surface area contributed by atoms with E-state index in [0.717, 1.165) is 12.8 Å². The second kappa shape index (κ2) is 19.3. The normalized spacial score (nSPS) is 9.71. The van der Waals surface area contributed by atoms with Gasteiger partial charge in [-0.25, -0.2) is 19.2 Å². The molecule has 0 radical (unpaired) electrons. The number of hydrogen-bond donors (Lipinski definition) is 0. The third-order valence-electron chi connectivity index (χ3n) is 4.09. The van der Waals surface area contributed by atoms with Crippen molar-refractivity contribution < 1.29 is 38.1 Å². The fraction of sp³-hybridized carbons (Fsp3) is 0.538. The molecule has 0 heterocycles. The van der Waals surface area contributed by atoms with Gasteiger partial charge in [0, 0.05) is 22.3 Å². The van der Waals surface area contributed by atoms with Crippen LogP contribution in [0.5, 0.6) is 0 Å². The van der Waals surface area contributed by atoms with E-state index < -0.39 is 0 Å². The maximum Gasteiger partial charge on any atom is 0.333 e. The van der Waals surface area contributed by atoms with Crippen LogP contribution < -0.4 is 0 Å². The van der Waals surface area contributed by atoms with E-state index in [1.54, 1.807) is 27.7 Å². The second-order valence-corrected chi connectivity index (χ2v) is 8.05. The Hall–Kier alpha value is -3.16. The molecule has 0 aliphatic carbocycles. The Kier molecular flexibility index (Phi) is 18.8. The standard InChI is InChI=1S/C14H22O4.C12H18O4/c1-10(2)13(15)17-8-6-12(5)7-9-18-14(16)11(3)4;1-9(2)11(13)15-7-5-6-8-16-12(14)10(3)4/h12H,1,3,6-9H2,2,4-5H3;1,3,5-8H2,2,4H3. The van der Waals surface area contributed by atoms with Gasteiger partial charge in [0.1, 0.15) is 0 Å². The van der Waals surface area contributed by atoms with Crippen molar-refractivity contribution in [1.29, 1.82) is 0 Å². The first-order valence-electron chi connectivity index (χ1n) is 11.1. The Morgan fingerprint density at radius 2 is 0.765 bits per heavy atom. The molecular weight excluding hydrogens is 440 g/mol. The van der Waals surface area contributed by atoms with E-state index in [1.807, 2.05) is 6.92 Å². The summed E-state index contributed by atoms with van der Waals surface area (Å²) in [4.78, 5) is 44.1. The van der Waals surface area contributed by atoms with Crippen molar-refractivity contribution in [2.24, 2.45) is 5.92 Å². The fourth-order valence-corrected chi connectivity index (χ4v) is 1.88. The van der Waals surface area contributed by atoms with Crippen LogP contribution >= 0.6 is 0 Å². The van der Waals surface area contributed by atoms with Crippen LogP contribution in [0.1, 0.15) is 60.3 Å². The zero-order valence-corrected chi connectivity index (χ0v) is 21.3. The molecule has 0 aliphatic rings. The number of esters is 4. The molecule has 8 heteroatoms. The average Bonchev–Trinajstić information content (AvgIpc) is 2.75. The molecule has 0 rings (SSSR count). The summed E-state index contributed by atoms with van der Waals surface area (Å²) < 4.78 is 19.7. The van der Waals surface area contributed by atoms with E-state index in [9.17, 15) is 19.2 Å². The number of rotatable bonds is 15. The lowest BCUT2D eigenvalue weighted by atomic mass is 10.1. The highest BCUT2D eigenvalue weighted by atomic mass is 16.5. The first-order valence-corrected chi connectivity index (χ1v) is 11.1. The van der Waals surface area contributed by atoms with Gasteiger partial charge >= 0.3 is 23.9 Å². The molecule has 0 aromatic heterocycles. The lowest BCUT2D eigenvalue weighted by Gasteiger charge is -2.12. The van der Waals surface area contributed by atoms with Crippen molar-refractivity contribution in [3.05, 3.63) is 48.6 Å². The predicted octanol–water partition coefficient (Wildman–Crippen LogP) is 4.65. The highest BCUT2D eigenvalue weighted by Crippen LogP contribution is 2.09. The SMILES string of the molecule is C=C(C)C(=O)OCCC(C)CCOC(=O)C(=C)C.C=C(C)C(=O)OCCCCOC(=O)C(=C)C. The molecule has 0 unspecified atom stereocenters. The summed E-state index contributed by atoms with van der Waals surface area (Å²) in [5.74, 6) is -1.19. The third-order valence-corrected chi connectivity index (χ3v) is 4.09. The Morgan fingerprint density at radius 1 is 0.529 bits per heavy atom. The van der Waals surface area contributed by atoms with Crippen LogP contribution in [0.25, 0.3) is 0 Å². The van der Waals surface area contributed by atoms with Crippen LogP contribution in [0.15, 0.2) is 48.6 Å². The number of hydrogen-bond acceptors (Lipinski definition) is 8. The average molecular weight is 481 g/mol. The number of ether oxygens (including phenoxy) is 4. The van der Waals surface area contributed by atoms with Crippen LogP contribution in [0.2, 0.25) is 0 Å². The predicted molar refractivity (Wildman–Crippen MR) is 131 cm³/mol. The van der Waals surface area contributed by atoms with E-state index >= 15 is 0 Å². The summed E-state index contributed by atoms with van der Waals surface area (Å²) in [5.41, 5.74) is 1.57. The molecule has 0 aliphatic heterocycles. The Balaban J connectivity index is 0. The van der Waals surface area contributed by atoms with Crippen molar-refractivity contribution in [2.45, 2.75) is 60.3 Å². The van der Waals surface area contributed by atoms with E-state index in [4.69, 9.17) is 18.9 Å². The molecular formula is C26H40O8. The number of carbonyl (C=O) groups excluding carboxylic acids is 4. The molecule has 192 valence electrons. The maximum atomic E-state index is 11.1. The van der Waals surface area contributed by atoms with Gasteiger partial charge in [0.2, 0.25) is 0 Å². The van der Waals surface area contributed by atoms with Gasteiger partial charge in [-0.1, -0.05) is 33.2 Å². The van der Waals surface area contributed by atoms with E-state index in [2.05, 4.69) is 26.3 Å². The largest absolute Gasteiger partial charge is 0.462 e. The fourth-order valence-electron chi connectivity index (χ4n) is 1.88. The van der Waals surface area contributed by atoms with Crippen LogP contribution in [0.3, 0.4) is 0 Å². The zero-order chi connectivity index (χ0) is 26.7. The minimum Gasteiger partial charge on any atom is -0.462 e. The second-order valence-electron chi connectivity index (χ2n) is 8.05. The topological polar surface area (TPSA) is 105 Å². The molecule has 0 aromatic rings. The van der Waals surface area contributed by atoms with Crippen LogP contribution in [0, 0.1) is 5.92 Å². The molecule has 0 spiro atoms. The Labute approximate surface area is 203 Å². The summed E-state index contributed by atoms with van der Waals surface area (Å²) in [5, 5.41) is 0. The van der Waals surface area contributed by atoms with Crippen molar-refractivity contribution in [2.75, 3.05) is 26.4 Å². The molecule has 0 atom stereocenters. The summed E-state index contributed by atoms with van der Waals surface area (Å²) in [6.45, 7) is 23.7. The van der Waals surface area contributed by atoms with Crippen molar-refractivity contribution in [1.82, 2.24) is 0 Å². The first-order chi connectivity index (χ1) is 15.8. The number of carbonyl (C=O) groups is 4. The van der Waals surface area contributed by atoms with Crippen molar-refractivity contribution in [3.63, 3.8) is 0 Å². The van der Waals surface area contributed by atoms with Crippen LogP contribution in [0.4, 0.5) is 0 Å². The molecule has 0 saturated heterocycles. The number of unbranched alkanes of at least 4 members (excludes halogenated alkanes) is 1. The minimum atomic E-state index is -0.390. The lowest BCUT2D eigenvalue weighted by Crippen LogP contribution is -2.12. The molecule has 8 nitrogen and oxygen atoms in total. The van der Waals surface area contributed by atoms with Gasteiger partial charge < -0.3 is 18.9 Å². The van der Waals surface area contributed by atoms with Gasteiger partial charge in [-0.2, -0.15) is 0 Å². The highest BCUT2D eigenvalue weighted by molar-refractivity contribution is 5.88. The molecule has 0 fully saturated rings. The summed E-state index contributed by atoms with van der Waals surface area (Å²) >= 11 is 0. The third kappa shape index (κ3) is 19.5. The lowest BCUT2D eigenvalue weighted by molar-refractivity contribution is -0.141. The van der Waals surface area contributed by atoms with Gasteiger partial charge in [-0.3, -0.25) is 0 Å². The molecule has 0 N–H and O–H groups in total. The molecule has 0 aromatic carbocycles. The summed E-state index contributed by atoms with van der Waals surface area (Å²) in [7, 11) is 0. The van der Waals surface area contributed by atoms with Gasteiger partial charge in [0.15, 0.2) is 0 Å². The zero-order valence-electron chi connectivity index (χ0n) is 21.3. The van der Waals surface area contributed by atoms with Crippen LogP contribution in [-0.2, 0) is 38.1 Å². The summed E-state index contributed by atoms with van der Waals surface area (Å²) in [6, 6.07) is 0. The molecule has 34 heavy (non-hydrogen) atoms. The Morgan fingerprint density at radius 3 is 1.00 bits per heavy atom. The van der Waals surface area contributed by atoms with E-state index in [-0.39, 0.29) is 23.9 Å². The quantitative estimate of drug-likeness (QED) is 0.144. The van der Waals surface area contributed by atoms with Gasteiger partial charge in [0.25, 0.3) is 0 Å². The van der Waals surface area contributed by atoms with Crippen molar-refractivity contribution in [3.8, 4) is 0 Å².